The molecule has 0 heterocycles. The Morgan fingerprint density at radius 3 is 0.984 bits per heavy atom. The van der Waals surface area contributed by atoms with Crippen LogP contribution < -0.4 is 0 Å². The van der Waals surface area contributed by atoms with Crippen molar-refractivity contribution < 1.29 is 28.6 Å². The zero-order valence-corrected chi connectivity index (χ0v) is 42.3. The average Bonchev–Trinajstić information content (AvgIpc) is 3.29. The van der Waals surface area contributed by atoms with E-state index in [1.165, 1.54) is 161 Å². The normalized spacial score (nSPS) is 12.5. The fraction of sp³-hybridized carbons (Fsp3) is 0.776. The van der Waals surface area contributed by atoms with E-state index in [2.05, 4.69) is 81.5 Å². The van der Waals surface area contributed by atoms with Gasteiger partial charge in [-0.3, -0.25) is 14.4 Å². The molecule has 0 aromatic carbocycles. The summed E-state index contributed by atoms with van der Waals surface area (Å²) in [5.41, 5.74) is 0. The zero-order valence-electron chi connectivity index (χ0n) is 42.3. The largest absolute Gasteiger partial charge is 0.462 e. The lowest BCUT2D eigenvalue weighted by atomic mass is 10.0. The third-order valence-corrected chi connectivity index (χ3v) is 11.7. The monoisotopic (exact) mass is 895 g/mol. The van der Waals surface area contributed by atoms with Crippen LogP contribution in [-0.2, 0) is 28.6 Å². The first kappa shape index (κ1) is 61.1. The van der Waals surface area contributed by atoms with Gasteiger partial charge in [0.25, 0.3) is 0 Å². The second-order valence-electron chi connectivity index (χ2n) is 18.1. The van der Waals surface area contributed by atoms with Gasteiger partial charge in [-0.15, -0.1) is 0 Å². The highest BCUT2D eigenvalue weighted by atomic mass is 16.6. The van der Waals surface area contributed by atoms with E-state index >= 15 is 0 Å². The minimum absolute atomic E-state index is 0.0913. The molecule has 0 aromatic heterocycles. The molecule has 0 fully saturated rings. The second kappa shape index (κ2) is 52.7. The molecule has 0 radical (unpaired) electrons. The summed E-state index contributed by atoms with van der Waals surface area (Å²) >= 11 is 0. The molecule has 0 aliphatic rings. The summed E-state index contributed by atoms with van der Waals surface area (Å²) in [6.45, 7) is 6.57. The van der Waals surface area contributed by atoms with Crippen molar-refractivity contribution >= 4 is 17.9 Å². The van der Waals surface area contributed by atoms with Gasteiger partial charge in [-0.2, -0.15) is 0 Å². The van der Waals surface area contributed by atoms with Gasteiger partial charge < -0.3 is 14.2 Å². The van der Waals surface area contributed by atoms with Crippen molar-refractivity contribution in [3.63, 3.8) is 0 Å². The first-order valence-electron chi connectivity index (χ1n) is 27.3. The topological polar surface area (TPSA) is 78.9 Å². The lowest BCUT2D eigenvalue weighted by Gasteiger charge is -2.18. The summed E-state index contributed by atoms with van der Waals surface area (Å²) in [5, 5.41) is 0. The summed E-state index contributed by atoms with van der Waals surface area (Å²) in [6.07, 6.45) is 64.9. The summed E-state index contributed by atoms with van der Waals surface area (Å²) in [4.78, 5) is 38.0. The van der Waals surface area contributed by atoms with E-state index in [9.17, 15) is 14.4 Å². The van der Waals surface area contributed by atoms with Crippen LogP contribution in [0.3, 0.4) is 0 Å². The number of carbonyl (C=O) groups is 3. The number of hydrogen-bond donors (Lipinski definition) is 0. The average molecular weight is 895 g/mol. The minimum Gasteiger partial charge on any atom is -0.462 e. The highest BCUT2D eigenvalue weighted by molar-refractivity contribution is 5.71. The van der Waals surface area contributed by atoms with Crippen LogP contribution >= 0.6 is 0 Å². The molecule has 370 valence electrons. The van der Waals surface area contributed by atoms with E-state index < -0.39 is 6.10 Å². The van der Waals surface area contributed by atoms with Gasteiger partial charge in [0.1, 0.15) is 13.2 Å². The zero-order chi connectivity index (χ0) is 46.5. The van der Waals surface area contributed by atoms with Crippen LogP contribution in [-0.4, -0.2) is 37.2 Å². The molecule has 0 bridgehead atoms. The van der Waals surface area contributed by atoms with Crippen molar-refractivity contribution in [3.8, 4) is 0 Å². The lowest BCUT2D eigenvalue weighted by Crippen LogP contribution is -2.30. The molecule has 6 nitrogen and oxygen atoms in total. The Morgan fingerprint density at radius 2 is 0.578 bits per heavy atom. The maximum absolute atomic E-state index is 12.8. The fourth-order valence-electron chi connectivity index (χ4n) is 7.61. The fourth-order valence-corrected chi connectivity index (χ4v) is 7.61. The summed E-state index contributed by atoms with van der Waals surface area (Å²) < 4.78 is 16.8. The Morgan fingerprint density at radius 1 is 0.312 bits per heavy atom. The van der Waals surface area contributed by atoms with Gasteiger partial charge in [-0.1, -0.05) is 229 Å². The maximum atomic E-state index is 12.8. The van der Waals surface area contributed by atoms with Crippen LogP contribution in [0.5, 0.6) is 0 Å². The van der Waals surface area contributed by atoms with Gasteiger partial charge in [0.15, 0.2) is 6.10 Å². The molecular formula is C58H102O6. The van der Waals surface area contributed by atoms with Crippen LogP contribution in [0, 0.1) is 0 Å². The molecule has 0 amide bonds. The smallest absolute Gasteiger partial charge is 0.306 e. The molecule has 0 rings (SSSR count). The molecule has 0 aliphatic heterocycles. The molecule has 0 N–H and O–H groups in total. The number of esters is 3. The molecule has 0 unspecified atom stereocenters. The van der Waals surface area contributed by atoms with E-state index in [0.717, 1.165) is 64.2 Å². The van der Waals surface area contributed by atoms with E-state index in [1.54, 1.807) is 0 Å². The van der Waals surface area contributed by atoms with Gasteiger partial charge >= 0.3 is 17.9 Å². The highest BCUT2D eigenvalue weighted by Gasteiger charge is 2.19. The van der Waals surface area contributed by atoms with Crippen molar-refractivity contribution in [2.45, 2.75) is 277 Å². The molecule has 0 aliphatic carbocycles. The third-order valence-electron chi connectivity index (χ3n) is 11.7. The van der Waals surface area contributed by atoms with Gasteiger partial charge in [-0.25, -0.2) is 0 Å². The Kier molecular flexibility index (Phi) is 50.4. The number of hydrogen-bond acceptors (Lipinski definition) is 6. The standard InChI is InChI=1S/C58H102O6/c1-4-7-10-13-16-19-22-25-27-29-31-33-36-38-41-44-47-50-56(59)62-53-55(64-58(61)52-49-46-43-40-35-24-21-18-15-12-9-6-3)54-63-57(60)51-48-45-42-39-37-34-32-30-28-26-23-20-17-14-11-8-5-2/h16,19,25-28,31,33,38,41,55H,4-15,17-18,20-24,29-30,32,34-37,39-40,42-54H2,1-3H3/b19-16-,27-25-,28-26-,33-31-,41-38-/t55-/m1/s1. The molecule has 0 spiro atoms. The quantitative estimate of drug-likeness (QED) is 0.0262. The van der Waals surface area contributed by atoms with Gasteiger partial charge in [-0.05, 0) is 83.5 Å². The van der Waals surface area contributed by atoms with E-state index in [1.807, 2.05) is 0 Å². The van der Waals surface area contributed by atoms with Crippen LogP contribution in [0.1, 0.15) is 271 Å². The predicted molar refractivity (Wildman–Crippen MR) is 275 cm³/mol. The number of rotatable bonds is 49. The molecule has 0 saturated heterocycles. The molecule has 64 heavy (non-hydrogen) atoms. The van der Waals surface area contributed by atoms with E-state index in [0.29, 0.717) is 19.3 Å². The maximum Gasteiger partial charge on any atom is 0.306 e. The summed E-state index contributed by atoms with van der Waals surface area (Å²) in [5.74, 6) is -0.946. The van der Waals surface area contributed by atoms with E-state index in [-0.39, 0.29) is 37.5 Å². The second-order valence-corrected chi connectivity index (χ2v) is 18.1. The van der Waals surface area contributed by atoms with Gasteiger partial charge in [0.05, 0.1) is 0 Å². The summed E-state index contributed by atoms with van der Waals surface area (Å²) in [7, 11) is 0. The molecule has 0 aromatic rings. The summed E-state index contributed by atoms with van der Waals surface area (Å²) in [6, 6.07) is 0. The van der Waals surface area contributed by atoms with Crippen LogP contribution in [0.2, 0.25) is 0 Å². The lowest BCUT2D eigenvalue weighted by molar-refractivity contribution is -0.167. The SMILES string of the molecule is CCCCC/C=C\C/C=C\C/C=C\C/C=C\CCCC(=O)OC[C@H](COC(=O)CCCCCCCCC/C=C\CCCCCCCC)OC(=O)CCCCCCCCCCCCCC. The van der Waals surface area contributed by atoms with E-state index in [4.69, 9.17) is 14.2 Å². The van der Waals surface area contributed by atoms with Crippen LogP contribution in [0.15, 0.2) is 60.8 Å². The van der Waals surface area contributed by atoms with Crippen LogP contribution in [0.4, 0.5) is 0 Å². The Bertz CT molecular complexity index is 1170. The third kappa shape index (κ3) is 50.1. The molecular weight excluding hydrogens is 793 g/mol. The minimum atomic E-state index is -0.795. The molecule has 6 heteroatoms. The number of allylic oxidation sites excluding steroid dienone is 10. The highest BCUT2D eigenvalue weighted by Crippen LogP contribution is 2.15. The number of unbranched alkanes of at least 4 members (excludes halogenated alkanes) is 28. The number of carbonyl (C=O) groups excluding carboxylic acids is 3. The van der Waals surface area contributed by atoms with Crippen LogP contribution in [0.25, 0.3) is 0 Å². The first-order valence-corrected chi connectivity index (χ1v) is 27.3. The molecule has 1 atom stereocenters. The Hall–Kier alpha value is -2.89. The van der Waals surface area contributed by atoms with Crippen molar-refractivity contribution in [3.05, 3.63) is 60.8 Å². The van der Waals surface area contributed by atoms with Crippen molar-refractivity contribution in [2.75, 3.05) is 13.2 Å². The molecule has 0 saturated carbocycles. The first-order chi connectivity index (χ1) is 31.5. The number of ether oxygens (including phenoxy) is 3. The predicted octanol–water partition coefficient (Wildman–Crippen LogP) is 18.0. The van der Waals surface area contributed by atoms with Crippen molar-refractivity contribution in [1.29, 1.82) is 0 Å². The van der Waals surface area contributed by atoms with Crippen molar-refractivity contribution in [2.24, 2.45) is 0 Å². The Labute approximate surface area is 396 Å². The van der Waals surface area contributed by atoms with Crippen molar-refractivity contribution in [1.82, 2.24) is 0 Å². The van der Waals surface area contributed by atoms with Gasteiger partial charge in [0.2, 0.25) is 0 Å². The Balaban J connectivity index is 4.43. The van der Waals surface area contributed by atoms with Gasteiger partial charge in [0, 0.05) is 19.3 Å².